The Morgan fingerprint density at radius 1 is 1.12 bits per heavy atom. The standard InChI is InChI=1S/C14H23NO/c1-5-6-11-16-13-9-7-12(8-10-13)15-14(2,3)4/h7-10,15H,5-6,11H2,1-4H3. The van der Waals surface area contributed by atoms with E-state index in [0.29, 0.717) is 0 Å². The Bertz CT molecular complexity index is 298. The van der Waals surface area contributed by atoms with Gasteiger partial charge in [0.25, 0.3) is 0 Å². The first kappa shape index (κ1) is 12.9. The lowest BCUT2D eigenvalue weighted by molar-refractivity contribution is 0.309. The molecule has 0 aliphatic carbocycles. The van der Waals surface area contributed by atoms with Crippen molar-refractivity contribution < 1.29 is 4.74 Å². The smallest absolute Gasteiger partial charge is 0.119 e. The molecule has 16 heavy (non-hydrogen) atoms. The molecular formula is C14H23NO. The van der Waals surface area contributed by atoms with E-state index in [9.17, 15) is 0 Å². The number of benzene rings is 1. The second kappa shape index (κ2) is 5.78. The number of anilines is 1. The first-order valence-corrected chi connectivity index (χ1v) is 6.02. The minimum atomic E-state index is 0.102. The first-order valence-electron chi connectivity index (χ1n) is 6.02. The normalized spacial score (nSPS) is 11.2. The number of unbranched alkanes of at least 4 members (excludes halogenated alkanes) is 1. The van der Waals surface area contributed by atoms with Crippen molar-refractivity contribution in [1.82, 2.24) is 0 Å². The Morgan fingerprint density at radius 2 is 1.75 bits per heavy atom. The summed E-state index contributed by atoms with van der Waals surface area (Å²) in [5.41, 5.74) is 1.24. The van der Waals surface area contributed by atoms with Gasteiger partial charge in [-0.2, -0.15) is 0 Å². The van der Waals surface area contributed by atoms with Gasteiger partial charge in [-0.15, -0.1) is 0 Å². The quantitative estimate of drug-likeness (QED) is 0.757. The van der Waals surface area contributed by atoms with Crippen molar-refractivity contribution in [3.05, 3.63) is 24.3 Å². The molecule has 0 aliphatic heterocycles. The van der Waals surface area contributed by atoms with E-state index in [1.807, 2.05) is 12.1 Å². The van der Waals surface area contributed by atoms with Crippen LogP contribution in [0.25, 0.3) is 0 Å². The molecule has 2 nitrogen and oxygen atoms in total. The Morgan fingerprint density at radius 3 is 2.25 bits per heavy atom. The molecule has 0 amide bonds. The summed E-state index contributed by atoms with van der Waals surface area (Å²) < 4.78 is 5.60. The van der Waals surface area contributed by atoms with Gasteiger partial charge in [0.1, 0.15) is 5.75 Å². The molecule has 0 heterocycles. The molecule has 0 spiro atoms. The van der Waals surface area contributed by atoms with E-state index in [4.69, 9.17) is 4.74 Å². The summed E-state index contributed by atoms with van der Waals surface area (Å²) in [7, 11) is 0. The maximum atomic E-state index is 5.60. The molecule has 0 bridgehead atoms. The molecule has 0 radical (unpaired) electrons. The molecule has 0 atom stereocenters. The second-order valence-corrected chi connectivity index (χ2v) is 5.10. The number of ether oxygens (including phenoxy) is 1. The predicted molar refractivity (Wildman–Crippen MR) is 70.2 cm³/mol. The lowest BCUT2D eigenvalue weighted by Gasteiger charge is -2.22. The zero-order valence-corrected chi connectivity index (χ0v) is 10.8. The Labute approximate surface area is 99.0 Å². The summed E-state index contributed by atoms with van der Waals surface area (Å²) in [5, 5.41) is 3.42. The van der Waals surface area contributed by atoms with Crippen molar-refractivity contribution >= 4 is 5.69 Å². The highest BCUT2D eigenvalue weighted by Crippen LogP contribution is 2.19. The molecule has 0 fully saturated rings. The highest BCUT2D eigenvalue weighted by atomic mass is 16.5. The van der Waals surface area contributed by atoms with Gasteiger partial charge in [-0.1, -0.05) is 13.3 Å². The fourth-order valence-corrected chi connectivity index (χ4v) is 1.40. The SMILES string of the molecule is CCCCOc1ccc(NC(C)(C)C)cc1. The van der Waals surface area contributed by atoms with Crippen LogP contribution < -0.4 is 10.1 Å². The van der Waals surface area contributed by atoms with Gasteiger partial charge in [0.2, 0.25) is 0 Å². The molecule has 1 N–H and O–H groups in total. The lowest BCUT2D eigenvalue weighted by Crippen LogP contribution is -2.25. The third-order valence-corrected chi connectivity index (χ3v) is 2.14. The van der Waals surface area contributed by atoms with E-state index in [1.165, 1.54) is 6.42 Å². The highest BCUT2D eigenvalue weighted by molar-refractivity contribution is 5.47. The van der Waals surface area contributed by atoms with Gasteiger partial charge < -0.3 is 10.1 Å². The molecular weight excluding hydrogens is 198 g/mol. The van der Waals surface area contributed by atoms with Crippen molar-refractivity contribution in [2.45, 2.75) is 46.1 Å². The van der Waals surface area contributed by atoms with Gasteiger partial charge in [0, 0.05) is 11.2 Å². The third kappa shape index (κ3) is 5.06. The lowest BCUT2D eigenvalue weighted by atomic mass is 10.1. The molecule has 0 aromatic heterocycles. The maximum absolute atomic E-state index is 5.60. The zero-order valence-electron chi connectivity index (χ0n) is 10.8. The fourth-order valence-electron chi connectivity index (χ4n) is 1.40. The van der Waals surface area contributed by atoms with Crippen LogP contribution in [0.4, 0.5) is 5.69 Å². The summed E-state index contributed by atoms with van der Waals surface area (Å²) in [6.07, 6.45) is 2.28. The number of hydrogen-bond donors (Lipinski definition) is 1. The molecule has 2 heteroatoms. The Hall–Kier alpha value is -1.18. The summed E-state index contributed by atoms with van der Waals surface area (Å²) in [6.45, 7) is 9.43. The topological polar surface area (TPSA) is 21.3 Å². The summed E-state index contributed by atoms with van der Waals surface area (Å²) >= 11 is 0. The fraction of sp³-hybridized carbons (Fsp3) is 0.571. The van der Waals surface area contributed by atoms with Crippen molar-refractivity contribution in [2.24, 2.45) is 0 Å². The van der Waals surface area contributed by atoms with Crippen LogP contribution in [-0.4, -0.2) is 12.1 Å². The minimum absolute atomic E-state index is 0.102. The Balaban J connectivity index is 2.48. The Kier molecular flexibility index (Phi) is 4.66. The van der Waals surface area contributed by atoms with Crippen LogP contribution in [-0.2, 0) is 0 Å². The van der Waals surface area contributed by atoms with E-state index < -0.39 is 0 Å². The van der Waals surface area contributed by atoms with Gasteiger partial charge in [0.05, 0.1) is 6.61 Å². The predicted octanol–water partition coefficient (Wildman–Crippen LogP) is 4.08. The molecule has 0 saturated carbocycles. The molecule has 1 rings (SSSR count). The van der Waals surface area contributed by atoms with Crippen LogP contribution in [0, 0.1) is 0 Å². The third-order valence-electron chi connectivity index (χ3n) is 2.14. The summed E-state index contributed by atoms with van der Waals surface area (Å²) in [6, 6.07) is 8.16. The van der Waals surface area contributed by atoms with Gasteiger partial charge in [-0.25, -0.2) is 0 Å². The average molecular weight is 221 g/mol. The van der Waals surface area contributed by atoms with E-state index >= 15 is 0 Å². The van der Waals surface area contributed by atoms with Gasteiger partial charge in [-0.3, -0.25) is 0 Å². The number of rotatable bonds is 5. The zero-order chi connectivity index (χ0) is 12.0. The molecule has 1 aromatic rings. The van der Waals surface area contributed by atoms with Crippen LogP contribution >= 0.6 is 0 Å². The number of nitrogens with one attached hydrogen (secondary N) is 1. The monoisotopic (exact) mass is 221 g/mol. The van der Waals surface area contributed by atoms with Crippen LogP contribution in [0.1, 0.15) is 40.5 Å². The molecule has 0 unspecified atom stereocenters. The van der Waals surface area contributed by atoms with Crippen molar-refractivity contribution in [3.8, 4) is 5.75 Å². The number of hydrogen-bond acceptors (Lipinski definition) is 2. The summed E-state index contributed by atoms with van der Waals surface area (Å²) in [5.74, 6) is 0.952. The van der Waals surface area contributed by atoms with Gasteiger partial charge in [-0.05, 0) is 51.5 Å². The summed E-state index contributed by atoms with van der Waals surface area (Å²) in [4.78, 5) is 0. The van der Waals surface area contributed by atoms with E-state index in [0.717, 1.165) is 24.5 Å². The largest absolute Gasteiger partial charge is 0.494 e. The van der Waals surface area contributed by atoms with Crippen LogP contribution in [0.3, 0.4) is 0 Å². The minimum Gasteiger partial charge on any atom is -0.494 e. The van der Waals surface area contributed by atoms with Crippen LogP contribution in [0.5, 0.6) is 5.75 Å². The first-order chi connectivity index (χ1) is 7.51. The molecule has 1 aromatic carbocycles. The molecule has 0 saturated heterocycles. The van der Waals surface area contributed by atoms with E-state index in [-0.39, 0.29) is 5.54 Å². The maximum Gasteiger partial charge on any atom is 0.119 e. The van der Waals surface area contributed by atoms with E-state index in [1.54, 1.807) is 0 Å². The van der Waals surface area contributed by atoms with Crippen molar-refractivity contribution in [3.63, 3.8) is 0 Å². The molecule has 90 valence electrons. The van der Waals surface area contributed by atoms with E-state index in [2.05, 4.69) is 45.1 Å². The van der Waals surface area contributed by atoms with Gasteiger partial charge in [0.15, 0.2) is 0 Å². The van der Waals surface area contributed by atoms with Crippen molar-refractivity contribution in [2.75, 3.05) is 11.9 Å². The highest BCUT2D eigenvalue weighted by Gasteiger charge is 2.08. The average Bonchev–Trinajstić information content (AvgIpc) is 2.19. The van der Waals surface area contributed by atoms with Crippen molar-refractivity contribution in [1.29, 1.82) is 0 Å². The molecule has 0 aliphatic rings. The van der Waals surface area contributed by atoms with Gasteiger partial charge >= 0.3 is 0 Å². The van der Waals surface area contributed by atoms with Crippen LogP contribution in [0.15, 0.2) is 24.3 Å². The van der Waals surface area contributed by atoms with Crippen LogP contribution in [0.2, 0.25) is 0 Å². The second-order valence-electron chi connectivity index (χ2n) is 5.10.